The van der Waals surface area contributed by atoms with Crippen LogP contribution in [0.25, 0.3) is 0 Å². The van der Waals surface area contributed by atoms with Crippen LogP contribution in [0.4, 0.5) is 0 Å². The molecule has 0 N–H and O–H groups in total. The second-order valence-corrected chi connectivity index (χ2v) is 6.79. The summed E-state index contributed by atoms with van der Waals surface area (Å²) in [5, 5.41) is 0.237. The van der Waals surface area contributed by atoms with Gasteiger partial charge in [0.1, 0.15) is 0 Å². The molecule has 0 radical (unpaired) electrons. The number of halogens is 1. The van der Waals surface area contributed by atoms with Crippen LogP contribution in [0.1, 0.15) is 45.1 Å². The summed E-state index contributed by atoms with van der Waals surface area (Å²) in [5.74, 6) is 0. The van der Waals surface area contributed by atoms with Gasteiger partial charge in [0.15, 0.2) is 0 Å². The fourth-order valence-corrected chi connectivity index (χ4v) is 3.52. The molecule has 18 heavy (non-hydrogen) atoms. The monoisotopic (exact) mass is 262 g/mol. The lowest BCUT2D eigenvalue weighted by atomic mass is 9.76. The normalized spacial score (nSPS) is 22.6. The highest BCUT2D eigenvalue weighted by Crippen LogP contribution is 2.38. The highest BCUT2D eigenvalue weighted by Gasteiger charge is 2.27. The van der Waals surface area contributed by atoms with Gasteiger partial charge < -0.3 is 0 Å². The molecule has 0 saturated heterocycles. The van der Waals surface area contributed by atoms with Gasteiger partial charge in [-0.2, -0.15) is 0 Å². The molecule has 0 amide bonds. The molecule has 0 heterocycles. The van der Waals surface area contributed by atoms with Crippen molar-refractivity contribution in [3.63, 3.8) is 0 Å². The Hall–Kier alpha value is -0.750. The van der Waals surface area contributed by atoms with Gasteiger partial charge in [0.25, 0.3) is 0 Å². The Morgan fingerprint density at radius 1 is 1.17 bits per heavy atom. The smallest absolute Gasteiger partial charge is 0.0523 e. The number of hydrogen-bond acceptors (Lipinski definition) is 0. The minimum absolute atomic E-state index is 0.237. The van der Waals surface area contributed by atoms with Gasteiger partial charge in [-0.05, 0) is 43.1 Å². The van der Waals surface area contributed by atoms with Gasteiger partial charge in [0.2, 0.25) is 0 Å². The third-order valence-corrected chi connectivity index (χ3v) is 3.96. The number of allylic oxidation sites excluding steroid dienone is 2. The van der Waals surface area contributed by atoms with Crippen molar-refractivity contribution in [2.75, 3.05) is 0 Å². The van der Waals surface area contributed by atoms with Crippen molar-refractivity contribution in [3.8, 4) is 0 Å². The molecule has 2 rings (SSSR count). The van der Waals surface area contributed by atoms with Crippen molar-refractivity contribution >= 4 is 11.6 Å². The second-order valence-electron chi connectivity index (χ2n) is 6.23. The maximum atomic E-state index is 6.32. The van der Waals surface area contributed by atoms with E-state index >= 15 is 0 Å². The Morgan fingerprint density at radius 3 is 2.56 bits per heavy atom. The van der Waals surface area contributed by atoms with Crippen molar-refractivity contribution in [1.82, 2.24) is 0 Å². The van der Waals surface area contributed by atoms with E-state index in [0.717, 1.165) is 6.42 Å². The molecule has 98 valence electrons. The van der Waals surface area contributed by atoms with Crippen LogP contribution >= 0.6 is 11.6 Å². The van der Waals surface area contributed by atoms with E-state index in [1.165, 1.54) is 31.2 Å². The van der Waals surface area contributed by atoms with Crippen LogP contribution in [0, 0.1) is 5.41 Å². The molecule has 1 unspecified atom stereocenters. The van der Waals surface area contributed by atoms with Crippen LogP contribution in [0.5, 0.6) is 0 Å². The maximum Gasteiger partial charge on any atom is 0.0523 e. The minimum Gasteiger partial charge on any atom is -0.118 e. The first kappa shape index (κ1) is 13.7. The van der Waals surface area contributed by atoms with E-state index < -0.39 is 0 Å². The van der Waals surface area contributed by atoms with E-state index in [4.69, 9.17) is 11.6 Å². The molecule has 0 aliphatic heterocycles. The van der Waals surface area contributed by atoms with E-state index in [1.54, 1.807) is 5.57 Å². The van der Waals surface area contributed by atoms with Crippen molar-refractivity contribution in [3.05, 3.63) is 47.5 Å². The Morgan fingerprint density at radius 2 is 1.89 bits per heavy atom. The molecular weight excluding hydrogens is 240 g/mol. The maximum absolute atomic E-state index is 6.32. The zero-order valence-electron chi connectivity index (χ0n) is 11.5. The standard InChI is InChI=1S/C17H23Cl/c1-17(2)12-15(11-16(18)13-17)10-6-9-14-7-4-3-5-8-14/h3-5,7-8,11,16H,6,9-10,12-13H2,1-2H3. The Kier molecular flexibility index (Phi) is 4.50. The largest absolute Gasteiger partial charge is 0.118 e. The number of benzene rings is 1. The summed E-state index contributed by atoms with van der Waals surface area (Å²) in [7, 11) is 0. The summed E-state index contributed by atoms with van der Waals surface area (Å²) in [6.45, 7) is 4.65. The van der Waals surface area contributed by atoms with Gasteiger partial charge in [-0.25, -0.2) is 0 Å². The van der Waals surface area contributed by atoms with E-state index in [-0.39, 0.29) is 5.38 Å². The van der Waals surface area contributed by atoms with Crippen molar-refractivity contribution in [1.29, 1.82) is 0 Å². The van der Waals surface area contributed by atoms with Gasteiger partial charge in [-0.15, -0.1) is 11.6 Å². The number of hydrogen-bond donors (Lipinski definition) is 0. The second kappa shape index (κ2) is 5.93. The van der Waals surface area contributed by atoms with Gasteiger partial charge in [-0.3, -0.25) is 0 Å². The quantitative estimate of drug-likeness (QED) is 0.506. The average Bonchev–Trinajstić information content (AvgIpc) is 2.27. The molecule has 1 aromatic carbocycles. The molecule has 1 aliphatic carbocycles. The summed E-state index contributed by atoms with van der Waals surface area (Å²) < 4.78 is 0. The Balaban J connectivity index is 1.83. The molecule has 0 aromatic heterocycles. The van der Waals surface area contributed by atoms with E-state index in [0.29, 0.717) is 5.41 Å². The fourth-order valence-electron chi connectivity index (χ4n) is 2.92. The van der Waals surface area contributed by atoms with Crippen molar-refractivity contribution < 1.29 is 0 Å². The molecule has 1 atom stereocenters. The molecular formula is C17H23Cl. The summed E-state index contributed by atoms with van der Waals surface area (Å²) in [6, 6.07) is 10.7. The molecule has 1 heteroatoms. The molecule has 0 bridgehead atoms. The zero-order valence-corrected chi connectivity index (χ0v) is 12.2. The van der Waals surface area contributed by atoms with Gasteiger partial charge in [-0.1, -0.05) is 55.8 Å². The van der Waals surface area contributed by atoms with Crippen LogP contribution in [0.3, 0.4) is 0 Å². The molecule has 0 spiro atoms. The molecule has 0 fully saturated rings. The Labute approximate surface area is 116 Å². The molecule has 1 aliphatic rings. The Bertz CT molecular complexity index is 403. The molecule has 0 nitrogen and oxygen atoms in total. The van der Waals surface area contributed by atoms with Crippen LogP contribution in [0.2, 0.25) is 0 Å². The topological polar surface area (TPSA) is 0 Å². The lowest BCUT2D eigenvalue weighted by Crippen LogP contribution is -2.22. The van der Waals surface area contributed by atoms with Crippen molar-refractivity contribution in [2.24, 2.45) is 5.41 Å². The number of alkyl halides is 1. The summed E-state index contributed by atoms with van der Waals surface area (Å²) in [4.78, 5) is 0. The van der Waals surface area contributed by atoms with Crippen LogP contribution in [-0.4, -0.2) is 5.38 Å². The van der Waals surface area contributed by atoms with E-state index in [2.05, 4.69) is 50.3 Å². The first-order chi connectivity index (χ1) is 8.55. The highest BCUT2D eigenvalue weighted by atomic mass is 35.5. The SMILES string of the molecule is CC1(C)CC(CCCc2ccccc2)=CC(Cl)C1. The lowest BCUT2D eigenvalue weighted by Gasteiger charge is -2.32. The average molecular weight is 263 g/mol. The summed E-state index contributed by atoms with van der Waals surface area (Å²) in [5.41, 5.74) is 3.38. The van der Waals surface area contributed by atoms with Gasteiger partial charge in [0, 0.05) is 0 Å². The summed E-state index contributed by atoms with van der Waals surface area (Å²) >= 11 is 6.32. The van der Waals surface area contributed by atoms with Crippen LogP contribution in [0.15, 0.2) is 42.0 Å². The minimum atomic E-state index is 0.237. The third kappa shape index (κ3) is 4.17. The number of rotatable bonds is 4. The van der Waals surface area contributed by atoms with Gasteiger partial charge >= 0.3 is 0 Å². The first-order valence-electron chi connectivity index (χ1n) is 6.93. The fraction of sp³-hybridized carbons (Fsp3) is 0.529. The predicted octanol–water partition coefficient (Wildman–Crippen LogP) is 5.36. The lowest BCUT2D eigenvalue weighted by molar-refractivity contribution is 0.318. The first-order valence-corrected chi connectivity index (χ1v) is 7.36. The van der Waals surface area contributed by atoms with Gasteiger partial charge in [0.05, 0.1) is 5.38 Å². The third-order valence-electron chi connectivity index (χ3n) is 3.68. The van der Waals surface area contributed by atoms with Crippen LogP contribution in [-0.2, 0) is 6.42 Å². The molecule has 1 aromatic rings. The number of aryl methyl sites for hydroxylation is 1. The molecule has 0 saturated carbocycles. The van der Waals surface area contributed by atoms with Crippen molar-refractivity contribution in [2.45, 2.75) is 51.3 Å². The van der Waals surface area contributed by atoms with E-state index in [9.17, 15) is 0 Å². The zero-order chi connectivity index (χ0) is 13.0. The van der Waals surface area contributed by atoms with Crippen LogP contribution < -0.4 is 0 Å². The predicted molar refractivity (Wildman–Crippen MR) is 80.1 cm³/mol. The summed E-state index contributed by atoms with van der Waals surface area (Å²) in [6.07, 6.45) is 8.21. The highest BCUT2D eigenvalue weighted by molar-refractivity contribution is 6.21. The van der Waals surface area contributed by atoms with E-state index in [1.807, 2.05) is 0 Å².